The van der Waals surface area contributed by atoms with Gasteiger partial charge in [0.05, 0.1) is 6.20 Å². The number of benzene rings is 1. The number of rotatable bonds is 3. The highest BCUT2D eigenvalue weighted by atomic mass is 32.2. The van der Waals surface area contributed by atoms with Gasteiger partial charge in [-0.1, -0.05) is 18.2 Å². The molecule has 0 atom stereocenters. The number of nitrogens with two attached hydrogens (primary N) is 1. The number of hydrogen-bond acceptors (Lipinski definition) is 4. The molecule has 0 spiro atoms. The Hall–Kier alpha value is -1.26. The van der Waals surface area contributed by atoms with Crippen LogP contribution in [-0.2, 0) is 6.54 Å². The Morgan fingerprint density at radius 2 is 2.33 bits per heavy atom. The van der Waals surface area contributed by atoms with Crippen LogP contribution in [0.4, 0.5) is 0 Å². The third kappa shape index (κ3) is 2.22. The summed E-state index contributed by atoms with van der Waals surface area (Å²) in [4.78, 5) is 5.22. The topological polar surface area (TPSA) is 52.0 Å². The molecule has 78 valence electrons. The van der Waals surface area contributed by atoms with E-state index in [2.05, 4.69) is 18.0 Å². The van der Waals surface area contributed by atoms with Gasteiger partial charge in [-0.3, -0.25) is 0 Å². The van der Waals surface area contributed by atoms with Crippen LogP contribution in [0, 0.1) is 6.92 Å². The molecule has 0 saturated heterocycles. The molecule has 0 radical (unpaired) electrons. The van der Waals surface area contributed by atoms with Gasteiger partial charge < -0.3 is 10.2 Å². The molecule has 0 aliphatic rings. The quantitative estimate of drug-likeness (QED) is 0.863. The Bertz CT molecular complexity index is 440. The van der Waals surface area contributed by atoms with Crippen LogP contribution < -0.4 is 5.73 Å². The first kappa shape index (κ1) is 10.3. The van der Waals surface area contributed by atoms with Crippen molar-refractivity contribution in [1.82, 2.24) is 4.98 Å². The molecule has 2 N–H and O–H groups in total. The van der Waals surface area contributed by atoms with E-state index >= 15 is 0 Å². The van der Waals surface area contributed by atoms with Gasteiger partial charge in [-0.05, 0) is 29.8 Å². The number of aromatic nitrogens is 1. The summed E-state index contributed by atoms with van der Waals surface area (Å²) in [5.74, 6) is 0. The summed E-state index contributed by atoms with van der Waals surface area (Å²) in [6.45, 7) is 2.59. The first-order valence-electron chi connectivity index (χ1n) is 4.67. The van der Waals surface area contributed by atoms with Gasteiger partial charge >= 0.3 is 0 Å². The molecule has 0 unspecified atom stereocenters. The van der Waals surface area contributed by atoms with Crippen molar-refractivity contribution >= 4 is 11.8 Å². The number of aryl methyl sites for hydroxylation is 1. The maximum atomic E-state index is 5.68. The van der Waals surface area contributed by atoms with E-state index in [0.717, 1.165) is 10.5 Å². The van der Waals surface area contributed by atoms with Crippen molar-refractivity contribution in [3.8, 4) is 0 Å². The monoisotopic (exact) mass is 220 g/mol. The molecule has 0 aliphatic heterocycles. The zero-order valence-corrected chi connectivity index (χ0v) is 9.25. The second-order valence-corrected chi connectivity index (χ2v) is 4.13. The lowest BCUT2D eigenvalue weighted by Crippen LogP contribution is -1.99. The fourth-order valence-corrected chi connectivity index (χ4v) is 2.27. The van der Waals surface area contributed by atoms with Crippen molar-refractivity contribution in [2.75, 3.05) is 0 Å². The third-order valence-corrected chi connectivity index (χ3v) is 3.28. The Morgan fingerprint density at radius 1 is 1.47 bits per heavy atom. The second-order valence-electron chi connectivity index (χ2n) is 3.17. The molecular formula is C11H12N2OS. The zero-order chi connectivity index (χ0) is 10.7. The lowest BCUT2D eigenvalue weighted by atomic mass is 10.1. The molecule has 1 heterocycles. The van der Waals surface area contributed by atoms with Gasteiger partial charge in [-0.25, -0.2) is 4.98 Å². The van der Waals surface area contributed by atoms with Gasteiger partial charge in [0.15, 0.2) is 0 Å². The minimum absolute atomic E-state index is 0.532. The van der Waals surface area contributed by atoms with Crippen LogP contribution in [0.2, 0.25) is 0 Å². The summed E-state index contributed by atoms with van der Waals surface area (Å²) >= 11 is 1.51. The molecule has 3 nitrogen and oxygen atoms in total. The van der Waals surface area contributed by atoms with Crippen LogP contribution in [-0.4, -0.2) is 4.98 Å². The van der Waals surface area contributed by atoms with E-state index in [0.29, 0.717) is 11.8 Å². The Morgan fingerprint density at radius 3 is 3.00 bits per heavy atom. The molecule has 0 aliphatic carbocycles. The van der Waals surface area contributed by atoms with E-state index < -0.39 is 0 Å². The first-order valence-corrected chi connectivity index (χ1v) is 5.49. The molecule has 0 fully saturated rings. The molecular weight excluding hydrogens is 208 g/mol. The Labute approximate surface area is 92.7 Å². The zero-order valence-electron chi connectivity index (χ0n) is 8.43. The summed E-state index contributed by atoms with van der Waals surface area (Å²) < 4.78 is 5.20. The Balaban J connectivity index is 2.34. The van der Waals surface area contributed by atoms with Crippen molar-refractivity contribution in [2.45, 2.75) is 23.6 Å². The van der Waals surface area contributed by atoms with E-state index in [-0.39, 0.29) is 0 Å². The summed E-state index contributed by atoms with van der Waals surface area (Å²) in [6.07, 6.45) is 3.21. The maximum absolute atomic E-state index is 5.68. The summed E-state index contributed by atoms with van der Waals surface area (Å²) in [5.41, 5.74) is 8.00. The highest BCUT2D eigenvalue weighted by molar-refractivity contribution is 7.99. The van der Waals surface area contributed by atoms with Crippen LogP contribution >= 0.6 is 11.8 Å². The van der Waals surface area contributed by atoms with Gasteiger partial charge in [0.25, 0.3) is 5.22 Å². The van der Waals surface area contributed by atoms with Gasteiger partial charge in [0.1, 0.15) is 6.26 Å². The van der Waals surface area contributed by atoms with Gasteiger partial charge in [0, 0.05) is 11.4 Å². The standard InChI is InChI=1S/C11H12N2OS/c1-8-3-2-4-9(7-12)10(8)15-11-13-5-6-14-11/h2-6H,7,12H2,1H3. The van der Waals surface area contributed by atoms with Crippen LogP contribution in [0.1, 0.15) is 11.1 Å². The molecule has 1 aromatic heterocycles. The van der Waals surface area contributed by atoms with E-state index in [1.54, 1.807) is 12.5 Å². The molecule has 0 saturated carbocycles. The van der Waals surface area contributed by atoms with E-state index in [1.807, 2.05) is 12.1 Å². The lowest BCUT2D eigenvalue weighted by Gasteiger charge is -2.07. The fraction of sp³-hybridized carbons (Fsp3) is 0.182. The molecule has 1 aromatic carbocycles. The highest BCUT2D eigenvalue weighted by Gasteiger charge is 2.08. The third-order valence-electron chi connectivity index (χ3n) is 2.11. The Kier molecular flexibility index (Phi) is 3.08. The smallest absolute Gasteiger partial charge is 0.260 e. The SMILES string of the molecule is Cc1cccc(CN)c1Sc1ncco1. The predicted molar refractivity (Wildman–Crippen MR) is 59.7 cm³/mol. The molecule has 2 rings (SSSR count). The van der Waals surface area contributed by atoms with Crippen LogP contribution in [0.15, 0.2) is 45.2 Å². The average Bonchev–Trinajstić information content (AvgIpc) is 2.74. The number of nitrogens with zero attached hydrogens (tertiary/aromatic N) is 1. The fourth-order valence-electron chi connectivity index (χ4n) is 1.37. The summed E-state index contributed by atoms with van der Waals surface area (Å²) in [5, 5.41) is 0.652. The van der Waals surface area contributed by atoms with Gasteiger partial charge in [-0.15, -0.1) is 0 Å². The van der Waals surface area contributed by atoms with Gasteiger partial charge in [-0.2, -0.15) is 0 Å². The molecule has 0 bridgehead atoms. The van der Waals surface area contributed by atoms with E-state index in [1.165, 1.54) is 17.3 Å². The number of oxazole rings is 1. The lowest BCUT2D eigenvalue weighted by molar-refractivity contribution is 0.454. The van der Waals surface area contributed by atoms with Crippen LogP contribution in [0.5, 0.6) is 0 Å². The predicted octanol–water partition coefficient (Wildman–Crippen LogP) is 2.59. The summed E-state index contributed by atoms with van der Waals surface area (Å²) in [7, 11) is 0. The van der Waals surface area contributed by atoms with Gasteiger partial charge in [0.2, 0.25) is 0 Å². The average molecular weight is 220 g/mol. The molecule has 0 amide bonds. The minimum Gasteiger partial charge on any atom is -0.440 e. The molecule has 15 heavy (non-hydrogen) atoms. The minimum atomic E-state index is 0.532. The van der Waals surface area contributed by atoms with Crippen molar-refractivity contribution in [3.63, 3.8) is 0 Å². The van der Waals surface area contributed by atoms with Crippen molar-refractivity contribution in [3.05, 3.63) is 41.8 Å². The molecule has 4 heteroatoms. The van der Waals surface area contributed by atoms with Crippen molar-refractivity contribution in [1.29, 1.82) is 0 Å². The van der Waals surface area contributed by atoms with Crippen molar-refractivity contribution < 1.29 is 4.42 Å². The van der Waals surface area contributed by atoms with E-state index in [4.69, 9.17) is 10.2 Å². The highest BCUT2D eigenvalue weighted by Crippen LogP contribution is 2.31. The van der Waals surface area contributed by atoms with Crippen LogP contribution in [0.3, 0.4) is 0 Å². The first-order chi connectivity index (χ1) is 7.31. The van der Waals surface area contributed by atoms with Crippen LogP contribution in [0.25, 0.3) is 0 Å². The molecule has 2 aromatic rings. The number of hydrogen-bond donors (Lipinski definition) is 1. The van der Waals surface area contributed by atoms with E-state index in [9.17, 15) is 0 Å². The summed E-state index contributed by atoms with van der Waals surface area (Å²) in [6, 6.07) is 6.10. The van der Waals surface area contributed by atoms with Crippen molar-refractivity contribution in [2.24, 2.45) is 5.73 Å². The normalized spacial score (nSPS) is 10.5. The second kappa shape index (κ2) is 4.51. The largest absolute Gasteiger partial charge is 0.440 e. The maximum Gasteiger partial charge on any atom is 0.260 e.